The van der Waals surface area contributed by atoms with Gasteiger partial charge in [0.1, 0.15) is 0 Å². The molecule has 17 heavy (non-hydrogen) atoms. The SMILES string of the molecule is CC(C)=CCN1CCCC(CNCC(=O)O)C1. The molecule has 0 radical (unpaired) electrons. The van der Waals surface area contributed by atoms with Crippen molar-refractivity contribution < 1.29 is 9.90 Å². The van der Waals surface area contributed by atoms with E-state index in [0.29, 0.717) is 5.92 Å². The minimum absolute atomic E-state index is 0.0739. The second-order valence-electron chi connectivity index (χ2n) is 5.07. The van der Waals surface area contributed by atoms with E-state index >= 15 is 0 Å². The molecule has 98 valence electrons. The number of carbonyl (C=O) groups is 1. The first-order valence-corrected chi connectivity index (χ1v) is 6.36. The zero-order chi connectivity index (χ0) is 12.7. The van der Waals surface area contributed by atoms with Crippen LogP contribution in [0.2, 0.25) is 0 Å². The molecule has 1 aliphatic rings. The third kappa shape index (κ3) is 6.44. The number of nitrogens with zero attached hydrogens (tertiary/aromatic N) is 1. The van der Waals surface area contributed by atoms with Gasteiger partial charge in [-0.2, -0.15) is 0 Å². The average Bonchev–Trinajstić information content (AvgIpc) is 2.26. The maximum atomic E-state index is 10.4. The van der Waals surface area contributed by atoms with Crippen molar-refractivity contribution in [1.29, 1.82) is 0 Å². The van der Waals surface area contributed by atoms with Crippen LogP contribution in [0.25, 0.3) is 0 Å². The van der Waals surface area contributed by atoms with E-state index in [2.05, 4.69) is 30.1 Å². The Labute approximate surface area is 104 Å². The highest BCUT2D eigenvalue weighted by Gasteiger charge is 2.18. The number of hydrogen-bond donors (Lipinski definition) is 2. The lowest BCUT2D eigenvalue weighted by Crippen LogP contribution is -2.40. The van der Waals surface area contributed by atoms with Crippen LogP contribution in [-0.4, -0.2) is 48.7 Å². The van der Waals surface area contributed by atoms with Crippen molar-refractivity contribution in [3.8, 4) is 0 Å². The third-order valence-electron chi connectivity index (χ3n) is 3.07. The largest absolute Gasteiger partial charge is 0.480 e. The molecule has 1 fully saturated rings. The van der Waals surface area contributed by atoms with E-state index in [1.54, 1.807) is 0 Å². The highest BCUT2D eigenvalue weighted by atomic mass is 16.4. The molecule has 0 aromatic rings. The van der Waals surface area contributed by atoms with Gasteiger partial charge in [-0.05, 0) is 45.7 Å². The van der Waals surface area contributed by atoms with E-state index in [1.807, 2.05) is 0 Å². The fraction of sp³-hybridized carbons (Fsp3) is 0.769. The van der Waals surface area contributed by atoms with E-state index in [4.69, 9.17) is 5.11 Å². The van der Waals surface area contributed by atoms with Crippen LogP contribution in [0.15, 0.2) is 11.6 Å². The summed E-state index contributed by atoms with van der Waals surface area (Å²) in [7, 11) is 0. The lowest BCUT2D eigenvalue weighted by molar-refractivity contribution is -0.136. The summed E-state index contributed by atoms with van der Waals surface area (Å²) in [6.45, 7) is 8.40. The van der Waals surface area contributed by atoms with Crippen LogP contribution in [0.5, 0.6) is 0 Å². The summed E-state index contributed by atoms with van der Waals surface area (Å²) >= 11 is 0. The molecule has 4 heteroatoms. The summed E-state index contributed by atoms with van der Waals surface area (Å²) in [5, 5.41) is 11.6. The standard InChI is InChI=1S/C13H24N2O2/c1-11(2)5-7-15-6-3-4-12(10-15)8-14-9-13(16)17/h5,12,14H,3-4,6-10H2,1-2H3,(H,16,17). The molecule has 1 rings (SSSR count). The molecule has 0 aromatic carbocycles. The Morgan fingerprint density at radius 2 is 2.29 bits per heavy atom. The van der Waals surface area contributed by atoms with Gasteiger partial charge in [0.05, 0.1) is 6.54 Å². The Morgan fingerprint density at radius 3 is 2.94 bits per heavy atom. The van der Waals surface area contributed by atoms with Gasteiger partial charge in [-0.3, -0.25) is 9.69 Å². The van der Waals surface area contributed by atoms with Crippen molar-refractivity contribution in [1.82, 2.24) is 10.2 Å². The fourth-order valence-corrected chi connectivity index (χ4v) is 2.18. The quantitative estimate of drug-likeness (QED) is 0.688. The highest BCUT2D eigenvalue weighted by Crippen LogP contribution is 2.15. The number of likely N-dealkylation sites (tertiary alicyclic amines) is 1. The lowest BCUT2D eigenvalue weighted by atomic mass is 9.98. The molecule has 0 saturated carbocycles. The lowest BCUT2D eigenvalue weighted by Gasteiger charge is -2.32. The minimum atomic E-state index is -0.776. The summed E-state index contributed by atoms with van der Waals surface area (Å²) in [5.74, 6) is -0.184. The highest BCUT2D eigenvalue weighted by molar-refractivity contribution is 5.68. The molecule has 1 saturated heterocycles. The predicted molar refractivity (Wildman–Crippen MR) is 69.1 cm³/mol. The van der Waals surface area contributed by atoms with E-state index < -0.39 is 5.97 Å². The van der Waals surface area contributed by atoms with E-state index in [1.165, 1.54) is 25.0 Å². The summed E-state index contributed by atoms with van der Waals surface area (Å²) in [5.41, 5.74) is 1.36. The number of carboxylic acid groups (broad SMARTS) is 1. The molecule has 1 atom stereocenters. The van der Waals surface area contributed by atoms with Crippen LogP contribution in [0, 0.1) is 5.92 Å². The summed E-state index contributed by atoms with van der Waals surface area (Å²) in [6, 6.07) is 0. The Morgan fingerprint density at radius 1 is 1.53 bits per heavy atom. The minimum Gasteiger partial charge on any atom is -0.480 e. The maximum absolute atomic E-state index is 10.4. The van der Waals surface area contributed by atoms with Gasteiger partial charge in [-0.1, -0.05) is 11.6 Å². The molecule has 4 nitrogen and oxygen atoms in total. The molecule has 0 amide bonds. The third-order valence-corrected chi connectivity index (χ3v) is 3.07. The summed E-state index contributed by atoms with van der Waals surface area (Å²) in [6.07, 6.45) is 4.68. The Kier molecular flexibility index (Phi) is 6.22. The van der Waals surface area contributed by atoms with Gasteiger partial charge < -0.3 is 10.4 Å². The normalized spacial score (nSPS) is 21.2. The first-order valence-electron chi connectivity index (χ1n) is 6.36. The number of hydrogen-bond acceptors (Lipinski definition) is 3. The smallest absolute Gasteiger partial charge is 0.317 e. The first-order chi connectivity index (χ1) is 8.08. The van der Waals surface area contributed by atoms with Crippen LogP contribution in [0.1, 0.15) is 26.7 Å². The monoisotopic (exact) mass is 240 g/mol. The number of piperidine rings is 1. The molecule has 0 spiro atoms. The summed E-state index contributed by atoms with van der Waals surface area (Å²) < 4.78 is 0. The molecule has 2 N–H and O–H groups in total. The molecule has 0 aliphatic carbocycles. The van der Waals surface area contributed by atoms with Gasteiger partial charge in [0.2, 0.25) is 0 Å². The van der Waals surface area contributed by atoms with E-state index in [9.17, 15) is 4.79 Å². The second kappa shape index (κ2) is 7.45. The average molecular weight is 240 g/mol. The van der Waals surface area contributed by atoms with Crippen molar-refractivity contribution in [3.05, 3.63) is 11.6 Å². The summed E-state index contributed by atoms with van der Waals surface area (Å²) in [4.78, 5) is 12.9. The van der Waals surface area contributed by atoms with Gasteiger partial charge in [0.25, 0.3) is 0 Å². The molecule has 1 heterocycles. The van der Waals surface area contributed by atoms with Crippen LogP contribution < -0.4 is 5.32 Å². The van der Waals surface area contributed by atoms with Gasteiger partial charge in [0.15, 0.2) is 0 Å². The van der Waals surface area contributed by atoms with Gasteiger partial charge in [-0.25, -0.2) is 0 Å². The van der Waals surface area contributed by atoms with Crippen molar-refractivity contribution in [3.63, 3.8) is 0 Å². The fourth-order valence-electron chi connectivity index (χ4n) is 2.18. The first kappa shape index (κ1) is 14.2. The second-order valence-corrected chi connectivity index (χ2v) is 5.07. The van der Waals surface area contributed by atoms with Gasteiger partial charge in [-0.15, -0.1) is 0 Å². The van der Waals surface area contributed by atoms with Crippen molar-refractivity contribution >= 4 is 5.97 Å². The van der Waals surface area contributed by atoms with Gasteiger partial charge >= 0.3 is 5.97 Å². The molecule has 0 bridgehead atoms. The number of carboxylic acids is 1. The van der Waals surface area contributed by atoms with Crippen LogP contribution in [0.3, 0.4) is 0 Å². The number of allylic oxidation sites excluding steroid dienone is 1. The number of rotatable bonds is 6. The van der Waals surface area contributed by atoms with E-state index in [0.717, 1.165) is 19.6 Å². The molecular formula is C13H24N2O2. The Hall–Kier alpha value is -0.870. The van der Waals surface area contributed by atoms with Crippen LogP contribution in [0.4, 0.5) is 0 Å². The topological polar surface area (TPSA) is 52.6 Å². The van der Waals surface area contributed by atoms with E-state index in [-0.39, 0.29) is 6.54 Å². The molecule has 1 aliphatic heterocycles. The van der Waals surface area contributed by atoms with Crippen LogP contribution in [-0.2, 0) is 4.79 Å². The molecule has 1 unspecified atom stereocenters. The maximum Gasteiger partial charge on any atom is 0.317 e. The predicted octanol–water partition coefficient (Wildman–Crippen LogP) is 1.34. The Bertz CT molecular complexity index is 273. The number of aliphatic carboxylic acids is 1. The zero-order valence-corrected chi connectivity index (χ0v) is 10.9. The molecular weight excluding hydrogens is 216 g/mol. The van der Waals surface area contributed by atoms with Crippen molar-refractivity contribution in [2.75, 3.05) is 32.7 Å². The molecule has 0 aromatic heterocycles. The van der Waals surface area contributed by atoms with Gasteiger partial charge in [0, 0.05) is 13.1 Å². The Balaban J connectivity index is 2.23. The van der Waals surface area contributed by atoms with Crippen molar-refractivity contribution in [2.45, 2.75) is 26.7 Å². The van der Waals surface area contributed by atoms with Crippen molar-refractivity contribution in [2.24, 2.45) is 5.92 Å². The number of nitrogens with one attached hydrogen (secondary N) is 1. The van der Waals surface area contributed by atoms with Crippen LogP contribution >= 0.6 is 0 Å². The zero-order valence-electron chi connectivity index (χ0n) is 10.9.